The number of benzene rings is 1. The fraction of sp³-hybridized carbons (Fsp3) is 0.438. The van der Waals surface area contributed by atoms with Gasteiger partial charge in [-0.3, -0.25) is 9.59 Å². The summed E-state index contributed by atoms with van der Waals surface area (Å²) in [5.41, 5.74) is 0.211. The van der Waals surface area contributed by atoms with Crippen molar-refractivity contribution in [2.45, 2.75) is 18.9 Å². The summed E-state index contributed by atoms with van der Waals surface area (Å²) in [4.78, 5) is 38.4. The highest BCUT2D eigenvalue weighted by Gasteiger charge is 2.34. The molecule has 24 heavy (non-hydrogen) atoms. The van der Waals surface area contributed by atoms with Gasteiger partial charge in [-0.05, 0) is 24.6 Å². The Morgan fingerprint density at radius 1 is 1.29 bits per heavy atom. The van der Waals surface area contributed by atoms with Crippen LogP contribution in [0.5, 0.6) is 0 Å². The molecule has 0 radical (unpaired) electrons. The van der Waals surface area contributed by atoms with Crippen molar-refractivity contribution in [3.8, 4) is 0 Å². The van der Waals surface area contributed by atoms with Crippen LogP contribution in [0.15, 0.2) is 18.2 Å². The number of ether oxygens (including phenoxy) is 1. The Labute approximate surface area is 137 Å². The molecule has 2 aliphatic heterocycles. The molecule has 0 unspecified atom stereocenters. The molecule has 7 nitrogen and oxygen atoms in total. The Hall–Kier alpha value is -2.48. The Bertz CT molecular complexity index is 693. The van der Waals surface area contributed by atoms with Gasteiger partial charge in [0.25, 0.3) is 5.91 Å². The van der Waals surface area contributed by atoms with Gasteiger partial charge >= 0.3 is 5.97 Å². The molecule has 128 valence electrons. The number of morpholine rings is 1. The Morgan fingerprint density at radius 3 is 2.75 bits per heavy atom. The highest BCUT2D eigenvalue weighted by Crippen LogP contribution is 2.25. The minimum Gasteiger partial charge on any atom is -0.480 e. The molecule has 2 fully saturated rings. The fourth-order valence-electron chi connectivity index (χ4n) is 2.97. The van der Waals surface area contributed by atoms with Gasteiger partial charge in [0.15, 0.2) is 6.04 Å². The van der Waals surface area contributed by atoms with Crippen molar-refractivity contribution in [2.24, 2.45) is 0 Å². The fourth-order valence-corrected chi connectivity index (χ4v) is 2.97. The molecule has 0 saturated carbocycles. The van der Waals surface area contributed by atoms with Crippen molar-refractivity contribution in [1.82, 2.24) is 4.90 Å². The summed E-state index contributed by atoms with van der Waals surface area (Å²) in [6, 6.07) is 2.74. The van der Waals surface area contributed by atoms with E-state index in [-0.39, 0.29) is 31.2 Å². The number of carbonyl (C=O) groups is 3. The number of aliphatic carboxylic acids is 1. The zero-order valence-electron chi connectivity index (χ0n) is 12.9. The van der Waals surface area contributed by atoms with Gasteiger partial charge in [0, 0.05) is 25.2 Å². The SMILES string of the molecule is O=C(O)[C@@H]1COCCN1C(=O)c1cc(N2CCCC2=O)ccc1F. The van der Waals surface area contributed by atoms with Gasteiger partial charge < -0.3 is 19.6 Å². The molecule has 1 N–H and O–H groups in total. The average Bonchev–Trinajstić information content (AvgIpc) is 3.00. The first-order chi connectivity index (χ1) is 11.5. The minimum absolute atomic E-state index is 0.0715. The quantitative estimate of drug-likeness (QED) is 0.885. The van der Waals surface area contributed by atoms with E-state index in [2.05, 4.69) is 0 Å². The van der Waals surface area contributed by atoms with Gasteiger partial charge in [0.2, 0.25) is 5.91 Å². The van der Waals surface area contributed by atoms with Crippen molar-refractivity contribution >= 4 is 23.5 Å². The van der Waals surface area contributed by atoms with Crippen LogP contribution in [0.3, 0.4) is 0 Å². The standard InChI is InChI=1S/C16H17FN2O5/c17-12-4-3-10(18-5-1-2-14(18)20)8-11(12)15(21)19-6-7-24-9-13(19)16(22)23/h3-4,8,13H,1-2,5-7,9H2,(H,22,23)/t13-/m0/s1. The normalized spacial score (nSPS) is 21.2. The zero-order chi connectivity index (χ0) is 17.3. The van der Waals surface area contributed by atoms with Crippen LogP contribution < -0.4 is 4.90 Å². The maximum Gasteiger partial charge on any atom is 0.328 e. The van der Waals surface area contributed by atoms with Gasteiger partial charge in [0.1, 0.15) is 5.82 Å². The highest BCUT2D eigenvalue weighted by molar-refractivity contribution is 6.00. The lowest BCUT2D eigenvalue weighted by atomic mass is 10.1. The van der Waals surface area contributed by atoms with Crippen LogP contribution in [0, 0.1) is 5.82 Å². The van der Waals surface area contributed by atoms with Gasteiger partial charge in [-0.1, -0.05) is 0 Å². The molecule has 1 aromatic carbocycles. The topological polar surface area (TPSA) is 87.2 Å². The second-order valence-electron chi connectivity index (χ2n) is 5.74. The number of anilines is 1. The number of hydrogen-bond acceptors (Lipinski definition) is 4. The molecule has 1 atom stereocenters. The molecule has 0 bridgehead atoms. The first-order valence-electron chi connectivity index (χ1n) is 7.70. The number of carboxylic acid groups (broad SMARTS) is 1. The molecule has 2 amide bonds. The second kappa shape index (κ2) is 6.56. The number of halogens is 1. The van der Waals surface area contributed by atoms with Crippen molar-refractivity contribution in [2.75, 3.05) is 31.2 Å². The van der Waals surface area contributed by atoms with Crippen LogP contribution in [0.25, 0.3) is 0 Å². The van der Waals surface area contributed by atoms with Crippen molar-refractivity contribution < 1.29 is 28.6 Å². The second-order valence-corrected chi connectivity index (χ2v) is 5.74. The van der Waals surface area contributed by atoms with Gasteiger partial charge in [-0.2, -0.15) is 0 Å². The van der Waals surface area contributed by atoms with E-state index >= 15 is 0 Å². The minimum atomic E-state index is -1.20. The number of amides is 2. The molecule has 0 aliphatic carbocycles. The summed E-state index contributed by atoms with van der Waals surface area (Å²) < 4.78 is 19.2. The van der Waals surface area contributed by atoms with E-state index in [1.165, 1.54) is 17.0 Å². The van der Waals surface area contributed by atoms with E-state index in [4.69, 9.17) is 4.74 Å². The van der Waals surface area contributed by atoms with E-state index in [0.717, 1.165) is 11.0 Å². The Balaban J connectivity index is 1.91. The molecule has 8 heteroatoms. The Morgan fingerprint density at radius 2 is 2.08 bits per heavy atom. The predicted molar refractivity (Wildman–Crippen MR) is 81.3 cm³/mol. The van der Waals surface area contributed by atoms with E-state index in [1.807, 2.05) is 0 Å². The maximum absolute atomic E-state index is 14.2. The smallest absolute Gasteiger partial charge is 0.328 e. The predicted octanol–water partition coefficient (Wildman–Crippen LogP) is 0.878. The van der Waals surface area contributed by atoms with Gasteiger partial charge in [-0.15, -0.1) is 0 Å². The van der Waals surface area contributed by atoms with Crippen LogP contribution in [0.2, 0.25) is 0 Å². The molecular formula is C16H17FN2O5. The largest absolute Gasteiger partial charge is 0.480 e. The van der Waals surface area contributed by atoms with Crippen LogP contribution in [-0.2, 0) is 14.3 Å². The molecule has 2 saturated heterocycles. The molecule has 2 aliphatic rings. The number of nitrogens with zero attached hydrogens (tertiary/aromatic N) is 2. The molecule has 0 spiro atoms. The van der Waals surface area contributed by atoms with Crippen LogP contribution in [-0.4, -0.2) is 60.1 Å². The van der Waals surface area contributed by atoms with E-state index in [1.54, 1.807) is 0 Å². The summed E-state index contributed by atoms with van der Waals surface area (Å²) >= 11 is 0. The number of carboxylic acids is 1. The third kappa shape index (κ3) is 2.96. The summed E-state index contributed by atoms with van der Waals surface area (Å²) in [7, 11) is 0. The summed E-state index contributed by atoms with van der Waals surface area (Å²) in [6.45, 7) is 0.657. The maximum atomic E-state index is 14.2. The molecule has 3 rings (SSSR count). The number of rotatable bonds is 3. The van der Waals surface area contributed by atoms with E-state index in [9.17, 15) is 23.9 Å². The number of hydrogen-bond donors (Lipinski definition) is 1. The molecule has 1 aromatic rings. The van der Waals surface area contributed by atoms with Crippen LogP contribution in [0.1, 0.15) is 23.2 Å². The first-order valence-corrected chi connectivity index (χ1v) is 7.70. The summed E-state index contributed by atoms with van der Waals surface area (Å²) in [6.07, 6.45) is 1.13. The lowest BCUT2D eigenvalue weighted by Crippen LogP contribution is -2.52. The monoisotopic (exact) mass is 336 g/mol. The zero-order valence-corrected chi connectivity index (χ0v) is 12.9. The lowest BCUT2D eigenvalue weighted by Gasteiger charge is -2.33. The average molecular weight is 336 g/mol. The lowest BCUT2D eigenvalue weighted by molar-refractivity contribution is -0.147. The molecule has 0 aromatic heterocycles. The van der Waals surface area contributed by atoms with Crippen molar-refractivity contribution in [3.05, 3.63) is 29.6 Å². The highest BCUT2D eigenvalue weighted by atomic mass is 19.1. The first kappa shape index (κ1) is 16.4. The van der Waals surface area contributed by atoms with Crippen molar-refractivity contribution in [1.29, 1.82) is 0 Å². The van der Waals surface area contributed by atoms with Gasteiger partial charge in [-0.25, -0.2) is 9.18 Å². The summed E-state index contributed by atoms with van der Waals surface area (Å²) in [5.74, 6) is -2.73. The third-order valence-corrected chi connectivity index (χ3v) is 4.24. The molecular weight excluding hydrogens is 319 g/mol. The Kier molecular flexibility index (Phi) is 4.48. The van der Waals surface area contributed by atoms with Crippen molar-refractivity contribution in [3.63, 3.8) is 0 Å². The van der Waals surface area contributed by atoms with Crippen LogP contribution >= 0.6 is 0 Å². The van der Waals surface area contributed by atoms with E-state index < -0.39 is 23.7 Å². The third-order valence-electron chi connectivity index (χ3n) is 4.24. The molecule has 2 heterocycles. The number of carbonyl (C=O) groups excluding carboxylic acids is 2. The van der Waals surface area contributed by atoms with E-state index in [0.29, 0.717) is 25.1 Å². The van der Waals surface area contributed by atoms with Gasteiger partial charge in [0.05, 0.1) is 18.8 Å². The van der Waals surface area contributed by atoms with Crippen LogP contribution in [0.4, 0.5) is 10.1 Å². The summed E-state index contributed by atoms with van der Waals surface area (Å²) in [5, 5.41) is 9.22.